The monoisotopic (exact) mass is 343 g/mol. The van der Waals surface area contributed by atoms with Crippen molar-refractivity contribution in [3.63, 3.8) is 0 Å². The molecule has 2 heterocycles. The molecule has 1 amide bonds. The minimum atomic E-state index is 0.191. The molecule has 134 valence electrons. The number of carbonyl (C=O) groups excluding carboxylic acids is 1. The first-order valence-corrected chi connectivity index (χ1v) is 8.79. The van der Waals surface area contributed by atoms with E-state index in [1.165, 1.54) is 11.9 Å². The van der Waals surface area contributed by atoms with E-state index in [0.717, 1.165) is 38.5 Å². The number of rotatable bonds is 7. The molecule has 0 unspecified atom stereocenters. The second-order valence-corrected chi connectivity index (χ2v) is 6.14. The van der Waals surface area contributed by atoms with Crippen LogP contribution in [0.2, 0.25) is 0 Å². The third-order valence-corrected chi connectivity index (χ3v) is 4.39. The largest absolute Gasteiger partial charge is 0.494 e. The van der Waals surface area contributed by atoms with E-state index in [1.54, 1.807) is 11.0 Å². The molecule has 7 heteroatoms. The molecule has 0 saturated carbocycles. The van der Waals surface area contributed by atoms with E-state index in [1.807, 2.05) is 24.0 Å². The Morgan fingerprint density at radius 1 is 1.16 bits per heavy atom. The topological polar surface area (TPSA) is 63.5 Å². The van der Waals surface area contributed by atoms with E-state index in [4.69, 9.17) is 4.74 Å². The Morgan fingerprint density at radius 2 is 1.92 bits per heavy atom. The second kappa shape index (κ2) is 8.62. The molecule has 1 aromatic carbocycles. The molecule has 0 radical (unpaired) electrons. The summed E-state index contributed by atoms with van der Waals surface area (Å²) in [5, 5.41) is 4.03. The maximum Gasteiger partial charge on any atom is 0.224 e. The van der Waals surface area contributed by atoms with Crippen molar-refractivity contribution in [2.45, 2.75) is 26.4 Å². The van der Waals surface area contributed by atoms with Gasteiger partial charge in [0.25, 0.3) is 0 Å². The van der Waals surface area contributed by atoms with Crippen molar-refractivity contribution in [3.05, 3.63) is 42.5 Å². The Labute approximate surface area is 148 Å². The van der Waals surface area contributed by atoms with Crippen molar-refractivity contribution < 1.29 is 9.53 Å². The lowest BCUT2D eigenvalue weighted by Gasteiger charge is -2.34. The normalized spacial score (nSPS) is 15.3. The highest BCUT2D eigenvalue weighted by Gasteiger charge is 2.20. The second-order valence-electron chi connectivity index (χ2n) is 6.14. The highest BCUT2D eigenvalue weighted by molar-refractivity contribution is 5.76. The molecule has 1 aliphatic heterocycles. The van der Waals surface area contributed by atoms with Crippen LogP contribution in [0.5, 0.6) is 5.75 Å². The van der Waals surface area contributed by atoms with Gasteiger partial charge in [0.1, 0.15) is 18.4 Å². The molecule has 2 aromatic rings. The molecule has 0 N–H and O–H groups in total. The Balaban J connectivity index is 1.41. The molecule has 0 atom stereocenters. The van der Waals surface area contributed by atoms with Crippen LogP contribution in [0.1, 0.15) is 18.9 Å². The van der Waals surface area contributed by atoms with Gasteiger partial charge in [-0.15, -0.1) is 0 Å². The molecular weight excluding hydrogens is 318 g/mol. The van der Waals surface area contributed by atoms with Crippen molar-refractivity contribution in [2.24, 2.45) is 0 Å². The third-order valence-electron chi connectivity index (χ3n) is 4.39. The molecular formula is C18H25N5O2. The van der Waals surface area contributed by atoms with E-state index in [0.29, 0.717) is 19.6 Å². The van der Waals surface area contributed by atoms with Crippen molar-refractivity contribution >= 4 is 5.91 Å². The maximum atomic E-state index is 12.3. The maximum absolute atomic E-state index is 12.3. The summed E-state index contributed by atoms with van der Waals surface area (Å²) in [7, 11) is 0. The van der Waals surface area contributed by atoms with Crippen LogP contribution in [0.3, 0.4) is 0 Å². The summed E-state index contributed by atoms with van der Waals surface area (Å²) in [4.78, 5) is 20.5. The van der Waals surface area contributed by atoms with Gasteiger partial charge in [0.05, 0.1) is 13.2 Å². The van der Waals surface area contributed by atoms with Crippen LogP contribution >= 0.6 is 0 Å². The summed E-state index contributed by atoms with van der Waals surface area (Å²) in [5.41, 5.74) is 1.27. The average molecular weight is 343 g/mol. The zero-order valence-electron chi connectivity index (χ0n) is 14.7. The third kappa shape index (κ3) is 5.03. The standard InChI is InChI=1S/C18H25N5O2/c1-2-25-17-5-3-16(4-6-17)13-21-9-11-22(12-10-21)18(24)7-8-23-15-19-14-20-23/h3-6,14-15H,2,7-13H2,1H3. The summed E-state index contributed by atoms with van der Waals surface area (Å²) < 4.78 is 7.17. The first-order chi connectivity index (χ1) is 12.2. The molecule has 0 aliphatic carbocycles. The van der Waals surface area contributed by atoms with Gasteiger partial charge in [-0.3, -0.25) is 14.4 Å². The fraction of sp³-hybridized carbons (Fsp3) is 0.500. The molecule has 1 aliphatic rings. The van der Waals surface area contributed by atoms with E-state index in [-0.39, 0.29) is 5.91 Å². The average Bonchev–Trinajstić information content (AvgIpc) is 3.16. The van der Waals surface area contributed by atoms with Gasteiger partial charge in [-0.05, 0) is 24.6 Å². The molecule has 3 rings (SSSR count). The van der Waals surface area contributed by atoms with Crippen LogP contribution in [0, 0.1) is 0 Å². The zero-order chi connectivity index (χ0) is 17.5. The highest BCUT2D eigenvalue weighted by atomic mass is 16.5. The number of aromatic nitrogens is 3. The predicted octanol–water partition coefficient (Wildman–Crippen LogP) is 1.41. The Kier molecular flexibility index (Phi) is 6.00. The number of carbonyl (C=O) groups is 1. The van der Waals surface area contributed by atoms with Gasteiger partial charge in [0.2, 0.25) is 5.91 Å². The quantitative estimate of drug-likeness (QED) is 0.761. The van der Waals surface area contributed by atoms with Crippen LogP contribution in [-0.4, -0.2) is 63.3 Å². The number of piperazine rings is 1. The Hall–Kier alpha value is -2.41. The van der Waals surface area contributed by atoms with Crippen LogP contribution in [0.4, 0.5) is 0 Å². The van der Waals surface area contributed by atoms with Gasteiger partial charge in [-0.2, -0.15) is 5.10 Å². The smallest absolute Gasteiger partial charge is 0.224 e. The minimum absolute atomic E-state index is 0.191. The van der Waals surface area contributed by atoms with E-state index < -0.39 is 0 Å². The van der Waals surface area contributed by atoms with Crippen molar-refractivity contribution in [1.82, 2.24) is 24.6 Å². The molecule has 7 nitrogen and oxygen atoms in total. The molecule has 1 aromatic heterocycles. The van der Waals surface area contributed by atoms with E-state index in [9.17, 15) is 4.79 Å². The summed E-state index contributed by atoms with van der Waals surface area (Å²) in [6.07, 6.45) is 3.61. The SMILES string of the molecule is CCOc1ccc(CN2CCN(C(=O)CCn3cncn3)CC2)cc1. The summed E-state index contributed by atoms with van der Waals surface area (Å²) in [6, 6.07) is 8.26. The molecule has 1 fully saturated rings. The van der Waals surface area contributed by atoms with Gasteiger partial charge in [-0.25, -0.2) is 4.98 Å². The van der Waals surface area contributed by atoms with E-state index >= 15 is 0 Å². The number of benzene rings is 1. The number of hydrogen-bond donors (Lipinski definition) is 0. The van der Waals surface area contributed by atoms with E-state index in [2.05, 4.69) is 27.1 Å². The summed E-state index contributed by atoms with van der Waals surface area (Å²) in [5.74, 6) is 1.10. The Morgan fingerprint density at radius 3 is 2.56 bits per heavy atom. The van der Waals surface area contributed by atoms with Crippen molar-refractivity contribution in [2.75, 3.05) is 32.8 Å². The van der Waals surface area contributed by atoms with Gasteiger partial charge in [0.15, 0.2) is 0 Å². The Bertz CT molecular complexity index is 649. The van der Waals surface area contributed by atoms with Crippen LogP contribution in [0.15, 0.2) is 36.9 Å². The summed E-state index contributed by atoms with van der Waals surface area (Å²) in [6.45, 7) is 7.55. The lowest BCUT2D eigenvalue weighted by atomic mass is 10.2. The first kappa shape index (κ1) is 17.4. The zero-order valence-corrected chi connectivity index (χ0v) is 14.7. The van der Waals surface area contributed by atoms with Crippen LogP contribution in [0.25, 0.3) is 0 Å². The van der Waals surface area contributed by atoms with Gasteiger partial charge >= 0.3 is 0 Å². The molecule has 25 heavy (non-hydrogen) atoms. The lowest BCUT2D eigenvalue weighted by Crippen LogP contribution is -2.48. The molecule has 0 spiro atoms. The number of nitrogens with zero attached hydrogens (tertiary/aromatic N) is 5. The number of amides is 1. The molecule has 1 saturated heterocycles. The number of ether oxygens (including phenoxy) is 1. The van der Waals surface area contributed by atoms with Gasteiger partial charge in [0, 0.05) is 39.1 Å². The van der Waals surface area contributed by atoms with Crippen LogP contribution < -0.4 is 4.74 Å². The van der Waals surface area contributed by atoms with Crippen LogP contribution in [-0.2, 0) is 17.9 Å². The molecule has 0 bridgehead atoms. The summed E-state index contributed by atoms with van der Waals surface area (Å²) >= 11 is 0. The fourth-order valence-corrected chi connectivity index (χ4v) is 2.99. The highest BCUT2D eigenvalue weighted by Crippen LogP contribution is 2.15. The predicted molar refractivity (Wildman–Crippen MR) is 94.1 cm³/mol. The fourth-order valence-electron chi connectivity index (χ4n) is 2.99. The lowest BCUT2D eigenvalue weighted by molar-refractivity contribution is -0.133. The van der Waals surface area contributed by atoms with Gasteiger partial charge < -0.3 is 9.64 Å². The van der Waals surface area contributed by atoms with Gasteiger partial charge in [-0.1, -0.05) is 12.1 Å². The first-order valence-electron chi connectivity index (χ1n) is 8.79. The minimum Gasteiger partial charge on any atom is -0.494 e. The number of hydrogen-bond acceptors (Lipinski definition) is 5. The number of aryl methyl sites for hydroxylation is 1. The van der Waals surface area contributed by atoms with Crippen molar-refractivity contribution in [1.29, 1.82) is 0 Å². The van der Waals surface area contributed by atoms with Crippen molar-refractivity contribution in [3.8, 4) is 5.75 Å².